The molecule has 0 heterocycles. The molecule has 0 radical (unpaired) electrons. The van der Waals surface area contributed by atoms with Crippen molar-refractivity contribution in [3.05, 3.63) is 71.9 Å². The number of benzene rings is 2. The smallest absolute Gasteiger partial charge is 0.145 e. The van der Waals surface area contributed by atoms with Crippen molar-refractivity contribution in [3.63, 3.8) is 0 Å². The Kier molecular flexibility index (Phi) is 6.26. The zero-order chi connectivity index (χ0) is 16.3. The highest BCUT2D eigenvalue weighted by Gasteiger charge is 1.98. The molecule has 0 amide bonds. The van der Waals surface area contributed by atoms with Gasteiger partial charge in [-0.1, -0.05) is 36.4 Å². The molecule has 114 valence electrons. The van der Waals surface area contributed by atoms with Crippen LogP contribution in [-0.4, -0.2) is 6.61 Å². The van der Waals surface area contributed by atoms with Gasteiger partial charge in [-0.3, -0.25) is 0 Å². The molecule has 0 aliphatic heterocycles. The third-order valence-electron chi connectivity index (χ3n) is 3.18. The number of hydrogen-bond donors (Lipinski definition) is 1. The van der Waals surface area contributed by atoms with E-state index in [9.17, 15) is 0 Å². The van der Waals surface area contributed by atoms with Crippen LogP contribution in [0.25, 0.3) is 0 Å². The maximum atomic E-state index is 8.69. The van der Waals surface area contributed by atoms with E-state index in [0.29, 0.717) is 6.61 Å². The molecule has 0 saturated carbocycles. The van der Waals surface area contributed by atoms with E-state index in [4.69, 9.17) is 15.3 Å². The van der Waals surface area contributed by atoms with Crippen LogP contribution >= 0.6 is 0 Å². The van der Waals surface area contributed by atoms with Gasteiger partial charge in [0, 0.05) is 18.0 Å². The molecule has 4 nitrogen and oxygen atoms in total. The standard InChI is InChI=1S/C19H17N3O/c20-13-17(14-21)15-22-18-9-4-10-19(12-18)23-11-5-8-16-6-2-1-3-7-16/h1-4,6-7,9-10,12,15,22H,5,8,11H2. The second-order valence-electron chi connectivity index (χ2n) is 4.89. The summed E-state index contributed by atoms with van der Waals surface area (Å²) >= 11 is 0. The molecule has 0 aromatic heterocycles. The Morgan fingerprint density at radius 2 is 1.83 bits per heavy atom. The first-order valence-electron chi connectivity index (χ1n) is 7.35. The maximum Gasteiger partial charge on any atom is 0.145 e. The fourth-order valence-corrected chi connectivity index (χ4v) is 2.03. The Labute approximate surface area is 136 Å². The maximum absolute atomic E-state index is 8.69. The first-order chi connectivity index (χ1) is 11.3. The molecular formula is C19H17N3O. The summed E-state index contributed by atoms with van der Waals surface area (Å²) in [5, 5.41) is 20.3. The minimum atomic E-state index is 0.0270. The number of nitriles is 2. The Balaban J connectivity index is 1.82. The van der Waals surface area contributed by atoms with Crippen LogP contribution in [0.15, 0.2) is 66.4 Å². The normalized spacial score (nSPS) is 9.30. The molecule has 0 unspecified atom stereocenters. The number of aryl methyl sites for hydroxylation is 1. The topological polar surface area (TPSA) is 68.8 Å². The molecular weight excluding hydrogens is 286 g/mol. The van der Waals surface area contributed by atoms with E-state index in [1.54, 1.807) is 12.1 Å². The molecule has 0 aliphatic rings. The van der Waals surface area contributed by atoms with Crippen molar-refractivity contribution in [3.8, 4) is 17.9 Å². The van der Waals surface area contributed by atoms with Crippen LogP contribution in [0.4, 0.5) is 5.69 Å². The summed E-state index contributed by atoms with van der Waals surface area (Å²) in [5.41, 5.74) is 2.10. The van der Waals surface area contributed by atoms with Crippen molar-refractivity contribution in [2.75, 3.05) is 11.9 Å². The summed E-state index contributed by atoms with van der Waals surface area (Å²) in [5.74, 6) is 0.756. The van der Waals surface area contributed by atoms with Crippen molar-refractivity contribution in [1.82, 2.24) is 0 Å². The monoisotopic (exact) mass is 303 g/mol. The van der Waals surface area contributed by atoms with Crippen LogP contribution < -0.4 is 10.1 Å². The van der Waals surface area contributed by atoms with Crippen LogP contribution in [0.3, 0.4) is 0 Å². The number of nitrogens with one attached hydrogen (secondary N) is 1. The fourth-order valence-electron chi connectivity index (χ4n) is 2.03. The highest BCUT2D eigenvalue weighted by atomic mass is 16.5. The zero-order valence-electron chi connectivity index (χ0n) is 12.7. The lowest BCUT2D eigenvalue weighted by Crippen LogP contribution is -2.00. The van der Waals surface area contributed by atoms with E-state index >= 15 is 0 Å². The molecule has 0 saturated heterocycles. The Morgan fingerprint density at radius 3 is 2.57 bits per heavy atom. The third kappa shape index (κ3) is 5.57. The molecule has 2 aromatic carbocycles. The van der Waals surface area contributed by atoms with Gasteiger partial charge in [-0.05, 0) is 30.5 Å². The van der Waals surface area contributed by atoms with Crippen molar-refractivity contribution >= 4 is 5.69 Å². The van der Waals surface area contributed by atoms with Gasteiger partial charge in [0.05, 0.1) is 6.61 Å². The Hall–Kier alpha value is -3.24. The molecule has 1 N–H and O–H groups in total. The van der Waals surface area contributed by atoms with Crippen molar-refractivity contribution < 1.29 is 4.74 Å². The van der Waals surface area contributed by atoms with Gasteiger partial charge in [0.2, 0.25) is 0 Å². The summed E-state index contributed by atoms with van der Waals surface area (Å²) < 4.78 is 5.74. The van der Waals surface area contributed by atoms with E-state index in [2.05, 4.69) is 17.4 Å². The van der Waals surface area contributed by atoms with Crippen LogP contribution in [0.5, 0.6) is 5.75 Å². The average molecular weight is 303 g/mol. The molecule has 2 rings (SSSR count). The lowest BCUT2D eigenvalue weighted by molar-refractivity contribution is 0.311. The second kappa shape index (κ2) is 8.92. The quantitative estimate of drug-likeness (QED) is 0.619. The lowest BCUT2D eigenvalue weighted by Gasteiger charge is -2.08. The number of ether oxygens (including phenoxy) is 1. The van der Waals surface area contributed by atoms with Crippen molar-refractivity contribution in [2.45, 2.75) is 12.8 Å². The van der Waals surface area contributed by atoms with E-state index in [1.165, 1.54) is 11.8 Å². The summed E-state index contributed by atoms with van der Waals surface area (Å²) in [7, 11) is 0. The van der Waals surface area contributed by atoms with Gasteiger partial charge < -0.3 is 10.1 Å². The number of rotatable bonds is 7. The summed E-state index contributed by atoms with van der Waals surface area (Å²) in [4.78, 5) is 0. The largest absolute Gasteiger partial charge is 0.494 e. The van der Waals surface area contributed by atoms with Gasteiger partial charge >= 0.3 is 0 Å². The van der Waals surface area contributed by atoms with Gasteiger partial charge in [-0.25, -0.2) is 0 Å². The second-order valence-corrected chi connectivity index (χ2v) is 4.89. The van der Waals surface area contributed by atoms with E-state index in [1.807, 2.05) is 42.5 Å². The molecule has 0 spiro atoms. The van der Waals surface area contributed by atoms with Crippen molar-refractivity contribution in [1.29, 1.82) is 10.5 Å². The Bertz CT molecular complexity index is 723. The fraction of sp³-hybridized carbons (Fsp3) is 0.158. The van der Waals surface area contributed by atoms with Crippen LogP contribution in [-0.2, 0) is 6.42 Å². The molecule has 0 bridgehead atoms. The predicted molar refractivity (Wildman–Crippen MR) is 89.6 cm³/mol. The molecule has 4 heteroatoms. The highest BCUT2D eigenvalue weighted by Crippen LogP contribution is 2.18. The minimum absolute atomic E-state index is 0.0270. The van der Waals surface area contributed by atoms with E-state index in [0.717, 1.165) is 24.3 Å². The number of hydrogen-bond acceptors (Lipinski definition) is 4. The van der Waals surface area contributed by atoms with E-state index in [-0.39, 0.29) is 5.57 Å². The third-order valence-corrected chi connectivity index (χ3v) is 3.18. The van der Waals surface area contributed by atoms with Gasteiger partial charge in [0.15, 0.2) is 0 Å². The molecule has 0 fully saturated rings. The number of allylic oxidation sites excluding steroid dienone is 1. The summed E-state index contributed by atoms with van der Waals surface area (Å²) in [6.07, 6.45) is 3.30. The summed E-state index contributed by atoms with van der Waals surface area (Å²) in [6.45, 7) is 0.635. The number of anilines is 1. The minimum Gasteiger partial charge on any atom is -0.494 e. The average Bonchev–Trinajstić information content (AvgIpc) is 2.61. The van der Waals surface area contributed by atoms with Gasteiger partial charge in [0.1, 0.15) is 23.5 Å². The number of nitrogens with zero attached hydrogens (tertiary/aromatic N) is 2. The lowest BCUT2D eigenvalue weighted by atomic mass is 10.1. The molecule has 0 atom stereocenters. The molecule has 0 aliphatic carbocycles. The highest BCUT2D eigenvalue weighted by molar-refractivity contribution is 5.52. The van der Waals surface area contributed by atoms with Crippen LogP contribution in [0.2, 0.25) is 0 Å². The van der Waals surface area contributed by atoms with Gasteiger partial charge in [-0.15, -0.1) is 0 Å². The zero-order valence-corrected chi connectivity index (χ0v) is 12.7. The van der Waals surface area contributed by atoms with Gasteiger partial charge in [-0.2, -0.15) is 10.5 Å². The van der Waals surface area contributed by atoms with Crippen molar-refractivity contribution in [2.24, 2.45) is 0 Å². The molecule has 2 aromatic rings. The summed E-state index contributed by atoms with van der Waals surface area (Å²) in [6, 6.07) is 21.3. The predicted octanol–water partition coefficient (Wildman–Crippen LogP) is 4.04. The first kappa shape index (κ1) is 16.1. The molecule has 23 heavy (non-hydrogen) atoms. The first-order valence-corrected chi connectivity index (χ1v) is 7.35. The van der Waals surface area contributed by atoms with Gasteiger partial charge in [0.25, 0.3) is 0 Å². The van der Waals surface area contributed by atoms with Crippen LogP contribution in [0, 0.1) is 22.7 Å². The van der Waals surface area contributed by atoms with Crippen LogP contribution in [0.1, 0.15) is 12.0 Å². The Morgan fingerprint density at radius 1 is 1.04 bits per heavy atom. The SMILES string of the molecule is N#CC(C#N)=CNc1cccc(OCCCc2ccccc2)c1. The van der Waals surface area contributed by atoms with E-state index < -0.39 is 0 Å².